The van der Waals surface area contributed by atoms with Gasteiger partial charge in [0, 0.05) is 17.3 Å². The Morgan fingerprint density at radius 1 is 0.800 bits per heavy atom. The lowest BCUT2D eigenvalue weighted by Gasteiger charge is -2.10. The molecule has 3 aromatic carbocycles. The normalized spacial score (nSPS) is 15.1. The molecule has 0 N–H and O–H groups in total. The van der Waals surface area contributed by atoms with Crippen molar-refractivity contribution in [2.24, 2.45) is 5.10 Å². The van der Waals surface area contributed by atoms with Crippen molar-refractivity contribution in [1.82, 2.24) is 9.78 Å². The lowest BCUT2D eigenvalue weighted by atomic mass is 10.0. The molecule has 0 aliphatic carbocycles. The third-order valence-electron chi connectivity index (χ3n) is 5.33. The topological polar surface area (TPSA) is 50.5 Å². The van der Waals surface area contributed by atoms with Gasteiger partial charge in [0.1, 0.15) is 5.82 Å². The first-order valence-corrected chi connectivity index (χ1v) is 10.5. The molecule has 0 atom stereocenters. The fraction of sp³-hybridized carbons (Fsp3) is 0.0385. The maximum Gasteiger partial charge on any atom is 0.435 e. The fourth-order valence-corrected chi connectivity index (χ4v) is 3.69. The average Bonchev–Trinajstić information content (AvgIpc) is 3.42. The molecule has 9 heteroatoms. The minimum atomic E-state index is -4.86. The van der Waals surface area contributed by atoms with Crippen LogP contribution >= 0.6 is 0 Å². The molecule has 1 aliphatic heterocycles. The zero-order chi connectivity index (χ0) is 24.6. The number of hydrogen-bond acceptors (Lipinski definition) is 3. The number of nitrogens with zero attached hydrogens (tertiary/aromatic N) is 4. The molecule has 0 saturated heterocycles. The summed E-state index contributed by atoms with van der Waals surface area (Å²) in [5.41, 5.74) is -0.0372. The predicted octanol–water partition coefficient (Wildman–Crippen LogP) is 6.03. The summed E-state index contributed by atoms with van der Waals surface area (Å²) in [5, 5.41) is 8.84. The number of amides is 1. The highest BCUT2D eigenvalue weighted by Crippen LogP contribution is 2.34. The Morgan fingerprint density at radius 3 is 2.00 bits per heavy atom. The summed E-state index contributed by atoms with van der Waals surface area (Å²) in [7, 11) is 0. The smallest absolute Gasteiger partial charge is 0.267 e. The SMILES string of the molecule is O=C1/C(=C\c2cn(-c3ccccc3)nc2-c2ccc(F)cc2)C(C(F)(F)F)=NN1c1ccccc1. The molecule has 0 unspecified atom stereocenters. The minimum absolute atomic E-state index is 0.210. The molecule has 0 fully saturated rings. The molecule has 4 aromatic rings. The molecule has 0 saturated carbocycles. The molecule has 174 valence electrons. The summed E-state index contributed by atoms with van der Waals surface area (Å²) in [6.45, 7) is 0. The van der Waals surface area contributed by atoms with E-state index in [0.717, 1.165) is 11.1 Å². The number of hydrogen-bond donors (Lipinski definition) is 0. The van der Waals surface area contributed by atoms with Crippen molar-refractivity contribution in [3.63, 3.8) is 0 Å². The third kappa shape index (κ3) is 4.35. The lowest BCUT2D eigenvalue weighted by molar-refractivity contribution is -0.114. The predicted molar refractivity (Wildman–Crippen MR) is 124 cm³/mol. The largest absolute Gasteiger partial charge is 0.435 e. The molecular weight excluding hydrogens is 460 g/mol. The summed E-state index contributed by atoms with van der Waals surface area (Å²) >= 11 is 0. The Bertz CT molecular complexity index is 1440. The van der Waals surface area contributed by atoms with Crippen molar-refractivity contribution in [2.75, 3.05) is 5.01 Å². The van der Waals surface area contributed by atoms with Gasteiger partial charge in [0.2, 0.25) is 0 Å². The summed E-state index contributed by atoms with van der Waals surface area (Å²) in [6, 6.07) is 22.2. The van der Waals surface area contributed by atoms with Crippen LogP contribution in [0, 0.1) is 5.82 Å². The number of aromatic nitrogens is 2. The van der Waals surface area contributed by atoms with Crippen molar-refractivity contribution in [3.8, 4) is 16.9 Å². The molecule has 2 heterocycles. The van der Waals surface area contributed by atoms with E-state index in [1.54, 1.807) is 42.5 Å². The van der Waals surface area contributed by atoms with Crippen LogP contribution in [0.3, 0.4) is 0 Å². The van der Waals surface area contributed by atoms with E-state index in [4.69, 9.17) is 0 Å². The number of alkyl halides is 3. The first-order chi connectivity index (χ1) is 16.8. The maximum absolute atomic E-state index is 13.9. The number of para-hydroxylation sites is 2. The Hall–Kier alpha value is -4.53. The number of benzene rings is 3. The average molecular weight is 476 g/mol. The highest BCUT2D eigenvalue weighted by atomic mass is 19.4. The number of carbonyl (C=O) groups is 1. The summed E-state index contributed by atoms with van der Waals surface area (Å²) in [4.78, 5) is 13.1. The van der Waals surface area contributed by atoms with E-state index >= 15 is 0 Å². The molecule has 5 nitrogen and oxygen atoms in total. The molecule has 35 heavy (non-hydrogen) atoms. The van der Waals surface area contributed by atoms with Crippen LogP contribution in [0.5, 0.6) is 0 Å². The molecule has 0 spiro atoms. The summed E-state index contributed by atoms with van der Waals surface area (Å²) < 4.78 is 56.7. The maximum atomic E-state index is 13.9. The zero-order valence-electron chi connectivity index (χ0n) is 17.9. The van der Waals surface area contributed by atoms with Gasteiger partial charge in [-0.2, -0.15) is 28.4 Å². The third-order valence-corrected chi connectivity index (χ3v) is 5.33. The van der Waals surface area contributed by atoms with Gasteiger partial charge >= 0.3 is 6.18 Å². The van der Waals surface area contributed by atoms with Gasteiger partial charge in [0.15, 0.2) is 5.71 Å². The van der Waals surface area contributed by atoms with Crippen LogP contribution in [-0.4, -0.2) is 27.6 Å². The van der Waals surface area contributed by atoms with E-state index in [-0.39, 0.29) is 16.9 Å². The second kappa shape index (κ2) is 8.68. The highest BCUT2D eigenvalue weighted by Gasteiger charge is 2.47. The van der Waals surface area contributed by atoms with Gasteiger partial charge in [-0.3, -0.25) is 4.79 Å². The first kappa shape index (κ1) is 22.3. The van der Waals surface area contributed by atoms with E-state index in [0.29, 0.717) is 11.3 Å². The van der Waals surface area contributed by atoms with Crippen LogP contribution in [0.25, 0.3) is 23.0 Å². The Morgan fingerprint density at radius 2 is 1.40 bits per heavy atom. The van der Waals surface area contributed by atoms with Gasteiger partial charge in [0.25, 0.3) is 5.91 Å². The molecule has 1 aromatic heterocycles. The summed E-state index contributed by atoms with van der Waals surface area (Å²) in [6.07, 6.45) is -2.22. The van der Waals surface area contributed by atoms with Gasteiger partial charge in [-0.05, 0) is 54.6 Å². The zero-order valence-corrected chi connectivity index (χ0v) is 17.9. The quantitative estimate of drug-likeness (QED) is 0.267. The van der Waals surface area contributed by atoms with E-state index in [2.05, 4.69) is 10.2 Å². The van der Waals surface area contributed by atoms with Crippen LogP contribution in [0.15, 0.2) is 102 Å². The van der Waals surface area contributed by atoms with Gasteiger partial charge in [-0.25, -0.2) is 9.07 Å². The van der Waals surface area contributed by atoms with E-state index in [1.165, 1.54) is 47.3 Å². The van der Waals surface area contributed by atoms with Crippen LogP contribution < -0.4 is 5.01 Å². The second-order valence-electron chi connectivity index (χ2n) is 7.68. The highest BCUT2D eigenvalue weighted by molar-refractivity contribution is 6.34. The fourth-order valence-electron chi connectivity index (χ4n) is 3.69. The van der Waals surface area contributed by atoms with Crippen molar-refractivity contribution in [2.45, 2.75) is 6.18 Å². The van der Waals surface area contributed by atoms with Crippen molar-refractivity contribution in [1.29, 1.82) is 0 Å². The monoisotopic (exact) mass is 476 g/mol. The molecule has 0 bridgehead atoms. The summed E-state index contributed by atoms with van der Waals surface area (Å²) in [5.74, 6) is -1.38. The standard InChI is InChI=1S/C26H16F4N4O/c27-19-13-11-17(12-14-19)23-18(16-33(31-23)20-7-3-1-4-8-20)15-22-24(26(28,29)30)32-34(25(22)35)21-9-5-2-6-10-21/h1-16H/b22-15-. The minimum Gasteiger partial charge on any atom is -0.267 e. The molecule has 1 aliphatic rings. The van der Waals surface area contributed by atoms with Gasteiger partial charge in [-0.15, -0.1) is 0 Å². The Kier molecular flexibility index (Phi) is 5.52. The van der Waals surface area contributed by atoms with Crippen LogP contribution in [0.2, 0.25) is 0 Å². The molecule has 0 radical (unpaired) electrons. The van der Waals surface area contributed by atoms with Crippen molar-refractivity contribution < 1.29 is 22.4 Å². The number of carbonyl (C=O) groups excluding carboxylic acids is 1. The number of hydrazone groups is 1. The van der Waals surface area contributed by atoms with E-state index < -0.39 is 29.2 Å². The van der Waals surface area contributed by atoms with E-state index in [9.17, 15) is 22.4 Å². The second-order valence-corrected chi connectivity index (χ2v) is 7.68. The Balaban J connectivity index is 1.66. The van der Waals surface area contributed by atoms with Crippen molar-refractivity contribution >= 4 is 23.4 Å². The number of halogens is 4. The van der Waals surface area contributed by atoms with E-state index in [1.807, 2.05) is 6.07 Å². The molecular formula is C26H16F4N4O. The first-order valence-electron chi connectivity index (χ1n) is 10.5. The van der Waals surface area contributed by atoms with Gasteiger partial charge in [-0.1, -0.05) is 36.4 Å². The lowest BCUT2D eigenvalue weighted by Crippen LogP contribution is -2.25. The number of rotatable bonds is 4. The number of anilines is 1. The van der Waals surface area contributed by atoms with Gasteiger partial charge in [0.05, 0.1) is 22.6 Å². The van der Waals surface area contributed by atoms with Crippen LogP contribution in [-0.2, 0) is 4.79 Å². The van der Waals surface area contributed by atoms with Crippen LogP contribution in [0.4, 0.5) is 23.2 Å². The van der Waals surface area contributed by atoms with Crippen LogP contribution in [0.1, 0.15) is 5.56 Å². The molecule has 1 amide bonds. The van der Waals surface area contributed by atoms with Crippen molar-refractivity contribution in [3.05, 3.63) is 108 Å². The Labute approximate surface area is 197 Å². The molecule has 5 rings (SSSR count). The van der Waals surface area contributed by atoms with Gasteiger partial charge < -0.3 is 0 Å².